The molecule has 1 aliphatic rings. The SMILES string of the molecule is CSc1nn(-c2ccccc2)c2cc(NC(=O)NC3CCNC3)ccc12.Cl. The van der Waals surface area contributed by atoms with Gasteiger partial charge in [-0.2, -0.15) is 5.10 Å². The number of hydrogen-bond donors (Lipinski definition) is 3. The van der Waals surface area contributed by atoms with Crippen LogP contribution in [0.15, 0.2) is 53.6 Å². The number of urea groups is 1. The molecule has 1 aliphatic heterocycles. The zero-order chi connectivity index (χ0) is 17.9. The summed E-state index contributed by atoms with van der Waals surface area (Å²) < 4.78 is 1.92. The van der Waals surface area contributed by atoms with E-state index in [-0.39, 0.29) is 24.5 Å². The lowest BCUT2D eigenvalue weighted by Gasteiger charge is -2.12. The fourth-order valence-electron chi connectivity index (χ4n) is 3.21. The Bertz CT molecular complexity index is 924. The number of amides is 2. The second-order valence-corrected chi connectivity index (χ2v) is 7.07. The zero-order valence-electron chi connectivity index (χ0n) is 14.9. The predicted molar refractivity (Wildman–Crippen MR) is 114 cm³/mol. The van der Waals surface area contributed by atoms with E-state index in [4.69, 9.17) is 5.10 Å². The number of carbonyl (C=O) groups is 1. The molecule has 4 rings (SSSR count). The molecular weight excluding hydrogens is 382 g/mol. The maximum atomic E-state index is 12.2. The number of benzene rings is 2. The first-order valence-electron chi connectivity index (χ1n) is 8.65. The number of thioether (sulfide) groups is 1. The van der Waals surface area contributed by atoms with Crippen LogP contribution in [0.2, 0.25) is 0 Å². The minimum Gasteiger partial charge on any atom is -0.334 e. The van der Waals surface area contributed by atoms with Gasteiger partial charge in [-0.15, -0.1) is 24.2 Å². The highest BCUT2D eigenvalue weighted by atomic mass is 35.5. The molecule has 2 heterocycles. The molecule has 27 heavy (non-hydrogen) atoms. The maximum Gasteiger partial charge on any atom is 0.319 e. The fourth-order valence-corrected chi connectivity index (χ4v) is 3.77. The number of para-hydroxylation sites is 1. The van der Waals surface area contributed by atoms with Gasteiger partial charge in [-0.05, 0) is 49.6 Å². The Morgan fingerprint density at radius 3 is 2.78 bits per heavy atom. The number of aromatic nitrogens is 2. The summed E-state index contributed by atoms with van der Waals surface area (Å²) in [5.74, 6) is 0. The van der Waals surface area contributed by atoms with Crippen molar-refractivity contribution in [2.75, 3.05) is 24.7 Å². The Morgan fingerprint density at radius 1 is 1.26 bits per heavy atom. The van der Waals surface area contributed by atoms with Gasteiger partial charge in [0.15, 0.2) is 0 Å². The van der Waals surface area contributed by atoms with Crippen LogP contribution >= 0.6 is 24.2 Å². The van der Waals surface area contributed by atoms with Crippen LogP contribution in [0.1, 0.15) is 6.42 Å². The topological polar surface area (TPSA) is 71.0 Å². The van der Waals surface area contributed by atoms with E-state index >= 15 is 0 Å². The largest absolute Gasteiger partial charge is 0.334 e. The van der Waals surface area contributed by atoms with Crippen molar-refractivity contribution in [2.24, 2.45) is 0 Å². The zero-order valence-corrected chi connectivity index (χ0v) is 16.6. The Hall–Kier alpha value is -2.22. The lowest BCUT2D eigenvalue weighted by molar-refractivity contribution is 0.249. The van der Waals surface area contributed by atoms with Gasteiger partial charge in [0, 0.05) is 23.7 Å². The van der Waals surface area contributed by atoms with Crippen LogP contribution in [0.25, 0.3) is 16.6 Å². The quantitative estimate of drug-likeness (QED) is 0.581. The van der Waals surface area contributed by atoms with Crippen LogP contribution in [0.5, 0.6) is 0 Å². The summed E-state index contributed by atoms with van der Waals surface area (Å²) in [5, 5.41) is 16.0. The summed E-state index contributed by atoms with van der Waals surface area (Å²) in [7, 11) is 0. The minimum absolute atomic E-state index is 0. The number of carbonyl (C=O) groups excluding carboxylic acids is 1. The molecule has 6 nitrogen and oxygen atoms in total. The lowest BCUT2D eigenvalue weighted by Crippen LogP contribution is -2.39. The van der Waals surface area contributed by atoms with Gasteiger partial charge in [0.05, 0.1) is 11.2 Å². The summed E-state index contributed by atoms with van der Waals surface area (Å²) in [4.78, 5) is 12.2. The molecule has 0 saturated carbocycles. The Morgan fingerprint density at radius 2 is 2.07 bits per heavy atom. The first-order chi connectivity index (χ1) is 12.7. The molecule has 3 N–H and O–H groups in total. The molecular formula is C19H22ClN5OS. The van der Waals surface area contributed by atoms with Gasteiger partial charge < -0.3 is 16.0 Å². The van der Waals surface area contributed by atoms with Crippen LogP contribution in [0, 0.1) is 0 Å². The van der Waals surface area contributed by atoms with E-state index in [1.807, 2.05) is 59.5 Å². The van der Waals surface area contributed by atoms with Gasteiger partial charge >= 0.3 is 6.03 Å². The first kappa shape index (κ1) is 19.5. The summed E-state index contributed by atoms with van der Waals surface area (Å²) in [6.45, 7) is 1.77. The van der Waals surface area contributed by atoms with Gasteiger partial charge in [0.25, 0.3) is 0 Å². The van der Waals surface area contributed by atoms with Gasteiger partial charge in [-0.3, -0.25) is 0 Å². The third-order valence-corrected chi connectivity index (χ3v) is 5.18. The molecule has 0 spiro atoms. The van der Waals surface area contributed by atoms with Gasteiger partial charge in [0.1, 0.15) is 5.03 Å². The molecule has 0 bridgehead atoms. The highest BCUT2D eigenvalue weighted by Crippen LogP contribution is 2.30. The number of nitrogens with one attached hydrogen (secondary N) is 3. The Labute approximate surface area is 168 Å². The minimum atomic E-state index is -0.172. The molecule has 2 aromatic carbocycles. The molecule has 0 aliphatic carbocycles. The second kappa shape index (κ2) is 8.65. The van der Waals surface area contributed by atoms with Crippen molar-refractivity contribution in [1.29, 1.82) is 0 Å². The van der Waals surface area contributed by atoms with Crippen LogP contribution in [0.3, 0.4) is 0 Å². The molecule has 1 atom stereocenters. The molecule has 1 aromatic heterocycles. The monoisotopic (exact) mass is 403 g/mol. The maximum absolute atomic E-state index is 12.2. The number of anilines is 1. The third-order valence-electron chi connectivity index (χ3n) is 4.49. The van der Waals surface area contributed by atoms with Crippen LogP contribution < -0.4 is 16.0 Å². The first-order valence-corrected chi connectivity index (χ1v) is 9.87. The van der Waals surface area contributed by atoms with Crippen LogP contribution in [0.4, 0.5) is 10.5 Å². The molecule has 142 valence electrons. The number of rotatable bonds is 4. The average molecular weight is 404 g/mol. The molecule has 1 saturated heterocycles. The van der Waals surface area contributed by atoms with Crippen molar-refractivity contribution in [2.45, 2.75) is 17.5 Å². The highest BCUT2D eigenvalue weighted by molar-refractivity contribution is 7.98. The predicted octanol–water partition coefficient (Wildman–Crippen LogP) is 3.65. The van der Waals surface area contributed by atoms with Crippen molar-refractivity contribution in [1.82, 2.24) is 20.4 Å². The van der Waals surface area contributed by atoms with Crippen molar-refractivity contribution in [3.05, 3.63) is 48.5 Å². The summed E-state index contributed by atoms with van der Waals surface area (Å²) >= 11 is 1.62. The molecule has 2 amide bonds. The van der Waals surface area contributed by atoms with Crippen molar-refractivity contribution in [3.63, 3.8) is 0 Å². The van der Waals surface area contributed by atoms with Crippen LogP contribution in [-0.2, 0) is 0 Å². The number of halogens is 1. The van der Waals surface area contributed by atoms with Gasteiger partial charge in [-0.1, -0.05) is 18.2 Å². The molecule has 1 unspecified atom stereocenters. The van der Waals surface area contributed by atoms with E-state index in [9.17, 15) is 4.79 Å². The third kappa shape index (κ3) is 4.21. The number of fused-ring (bicyclic) bond motifs is 1. The number of nitrogens with zero attached hydrogens (tertiary/aromatic N) is 2. The van der Waals surface area contributed by atoms with E-state index < -0.39 is 0 Å². The number of hydrogen-bond acceptors (Lipinski definition) is 4. The molecule has 3 aromatic rings. The molecule has 0 radical (unpaired) electrons. The van der Waals surface area contributed by atoms with Gasteiger partial charge in [-0.25, -0.2) is 9.48 Å². The van der Waals surface area contributed by atoms with E-state index in [1.54, 1.807) is 11.8 Å². The summed E-state index contributed by atoms with van der Waals surface area (Å²) in [6, 6.07) is 15.9. The lowest BCUT2D eigenvalue weighted by atomic mass is 10.2. The standard InChI is InChI=1S/C19H21N5OS.ClH/c1-26-18-16-8-7-13(21-19(25)22-14-9-10-20-12-14)11-17(16)24(23-18)15-5-3-2-4-6-15;/h2-8,11,14,20H,9-10,12H2,1H3,(H2,21,22,25);1H. The highest BCUT2D eigenvalue weighted by Gasteiger charge is 2.17. The van der Waals surface area contributed by atoms with Crippen molar-refractivity contribution in [3.8, 4) is 5.69 Å². The van der Waals surface area contributed by atoms with E-state index in [2.05, 4.69) is 16.0 Å². The van der Waals surface area contributed by atoms with Crippen molar-refractivity contribution >= 4 is 46.8 Å². The Balaban J connectivity index is 0.00000210. The average Bonchev–Trinajstić information content (AvgIpc) is 3.29. The molecule has 1 fully saturated rings. The fraction of sp³-hybridized carbons (Fsp3) is 0.263. The van der Waals surface area contributed by atoms with E-state index in [1.165, 1.54) is 0 Å². The van der Waals surface area contributed by atoms with Crippen LogP contribution in [-0.4, -0.2) is 41.2 Å². The second-order valence-electron chi connectivity index (χ2n) is 6.28. The van der Waals surface area contributed by atoms with E-state index in [0.29, 0.717) is 0 Å². The Kier molecular flexibility index (Phi) is 6.26. The molecule has 8 heteroatoms. The van der Waals surface area contributed by atoms with E-state index in [0.717, 1.165) is 46.8 Å². The normalized spacial score (nSPS) is 16.1. The summed E-state index contributed by atoms with van der Waals surface area (Å²) in [6.07, 6.45) is 2.98. The summed E-state index contributed by atoms with van der Waals surface area (Å²) in [5.41, 5.74) is 2.73. The van der Waals surface area contributed by atoms with Crippen molar-refractivity contribution < 1.29 is 4.79 Å². The van der Waals surface area contributed by atoms with Gasteiger partial charge in [0.2, 0.25) is 0 Å². The smallest absolute Gasteiger partial charge is 0.319 e.